The summed E-state index contributed by atoms with van der Waals surface area (Å²) in [5.41, 5.74) is 0.976. The first-order valence-corrected chi connectivity index (χ1v) is 8.88. The summed E-state index contributed by atoms with van der Waals surface area (Å²) < 4.78 is 16.1. The highest BCUT2D eigenvalue weighted by atomic mass is 16.7. The molecule has 2 atom stereocenters. The summed E-state index contributed by atoms with van der Waals surface area (Å²) in [7, 11) is 0. The van der Waals surface area contributed by atoms with E-state index in [1.165, 1.54) is 6.07 Å². The smallest absolute Gasteiger partial charge is 0.260 e. The van der Waals surface area contributed by atoms with Crippen LogP contribution in [0.3, 0.4) is 0 Å². The normalized spacial score (nSPS) is 21.1. The SMILES string of the molecule is O=C(COc1ccccc1O)N1CC[C@@H](c2ccc3c(c2)OCO3)[C@H](O)C1. The average molecular weight is 371 g/mol. The molecule has 0 aliphatic carbocycles. The monoisotopic (exact) mass is 371 g/mol. The molecule has 2 aliphatic rings. The molecule has 4 rings (SSSR count). The molecule has 7 nitrogen and oxygen atoms in total. The number of phenols is 1. The lowest BCUT2D eigenvalue weighted by atomic mass is 9.87. The van der Waals surface area contributed by atoms with Crippen LogP contribution in [0.25, 0.3) is 0 Å². The van der Waals surface area contributed by atoms with Crippen LogP contribution >= 0.6 is 0 Å². The van der Waals surface area contributed by atoms with Gasteiger partial charge in [-0.05, 0) is 36.2 Å². The molecule has 0 radical (unpaired) electrons. The molecule has 142 valence electrons. The molecule has 2 N–H and O–H groups in total. The van der Waals surface area contributed by atoms with Crippen molar-refractivity contribution in [2.45, 2.75) is 18.4 Å². The van der Waals surface area contributed by atoms with Gasteiger partial charge in [0.15, 0.2) is 29.6 Å². The van der Waals surface area contributed by atoms with Crippen molar-refractivity contribution in [1.82, 2.24) is 4.90 Å². The van der Waals surface area contributed by atoms with Gasteiger partial charge in [0.2, 0.25) is 6.79 Å². The van der Waals surface area contributed by atoms with E-state index < -0.39 is 6.10 Å². The maximum absolute atomic E-state index is 12.4. The van der Waals surface area contributed by atoms with Gasteiger partial charge in [-0.15, -0.1) is 0 Å². The summed E-state index contributed by atoms with van der Waals surface area (Å²) in [6.45, 7) is 0.797. The van der Waals surface area contributed by atoms with Crippen LogP contribution in [0.2, 0.25) is 0 Å². The first kappa shape index (κ1) is 17.5. The van der Waals surface area contributed by atoms with Crippen LogP contribution in [0.1, 0.15) is 17.9 Å². The van der Waals surface area contributed by atoms with Crippen molar-refractivity contribution in [3.8, 4) is 23.0 Å². The number of β-amino-alcohol motifs (C(OH)–C–C–N with tert-alkyl or cyclic N) is 1. The minimum absolute atomic E-state index is 0.00755. The van der Waals surface area contributed by atoms with E-state index in [9.17, 15) is 15.0 Å². The number of amides is 1. The summed E-state index contributed by atoms with van der Waals surface area (Å²) in [6.07, 6.45) is -0.0310. The van der Waals surface area contributed by atoms with Crippen molar-refractivity contribution < 1.29 is 29.2 Å². The summed E-state index contributed by atoms with van der Waals surface area (Å²) in [6, 6.07) is 12.2. The topological polar surface area (TPSA) is 88.5 Å². The fourth-order valence-corrected chi connectivity index (χ4v) is 3.50. The number of nitrogens with zero attached hydrogens (tertiary/aromatic N) is 1. The van der Waals surface area contributed by atoms with Gasteiger partial charge in [0.05, 0.1) is 6.10 Å². The Morgan fingerprint density at radius 1 is 1.19 bits per heavy atom. The molecule has 27 heavy (non-hydrogen) atoms. The van der Waals surface area contributed by atoms with Crippen molar-refractivity contribution >= 4 is 5.91 Å². The predicted molar refractivity (Wildman–Crippen MR) is 96.1 cm³/mol. The zero-order valence-corrected chi connectivity index (χ0v) is 14.7. The number of hydrogen-bond acceptors (Lipinski definition) is 6. The Hall–Kier alpha value is -2.93. The summed E-state index contributed by atoms with van der Waals surface area (Å²) >= 11 is 0. The molecule has 1 fully saturated rings. The highest BCUT2D eigenvalue weighted by molar-refractivity contribution is 5.78. The van der Waals surface area contributed by atoms with Crippen molar-refractivity contribution in [3.63, 3.8) is 0 Å². The highest BCUT2D eigenvalue weighted by Gasteiger charge is 2.32. The molecule has 0 unspecified atom stereocenters. The number of aliphatic hydroxyl groups excluding tert-OH is 1. The van der Waals surface area contributed by atoms with Gasteiger partial charge in [-0.3, -0.25) is 4.79 Å². The molecule has 0 bridgehead atoms. The number of rotatable bonds is 4. The predicted octanol–water partition coefficient (Wildman–Crippen LogP) is 1.88. The van der Waals surface area contributed by atoms with E-state index in [1.807, 2.05) is 18.2 Å². The number of aliphatic hydroxyl groups is 1. The van der Waals surface area contributed by atoms with Gasteiger partial charge in [0.25, 0.3) is 5.91 Å². The van der Waals surface area contributed by atoms with Crippen molar-refractivity contribution in [2.75, 3.05) is 26.5 Å². The zero-order valence-electron chi connectivity index (χ0n) is 14.7. The first-order valence-electron chi connectivity index (χ1n) is 8.88. The fraction of sp³-hybridized carbons (Fsp3) is 0.350. The van der Waals surface area contributed by atoms with E-state index in [-0.39, 0.29) is 43.3 Å². The third kappa shape index (κ3) is 3.64. The van der Waals surface area contributed by atoms with Gasteiger partial charge in [-0.2, -0.15) is 0 Å². The summed E-state index contributed by atoms with van der Waals surface area (Å²) in [4.78, 5) is 14.0. The van der Waals surface area contributed by atoms with Crippen LogP contribution in [-0.4, -0.2) is 53.6 Å². The minimum Gasteiger partial charge on any atom is -0.504 e. The maximum atomic E-state index is 12.4. The van der Waals surface area contributed by atoms with Gasteiger partial charge in [-0.1, -0.05) is 18.2 Å². The Morgan fingerprint density at radius 3 is 2.81 bits per heavy atom. The number of aromatic hydroxyl groups is 1. The molecule has 0 saturated carbocycles. The van der Waals surface area contributed by atoms with Crippen molar-refractivity contribution in [1.29, 1.82) is 0 Å². The molecule has 1 saturated heterocycles. The van der Waals surface area contributed by atoms with Crippen LogP contribution in [0, 0.1) is 0 Å². The number of para-hydroxylation sites is 2. The molecule has 0 spiro atoms. The van der Waals surface area contributed by atoms with Crippen LogP contribution in [0.15, 0.2) is 42.5 Å². The van der Waals surface area contributed by atoms with Gasteiger partial charge in [0.1, 0.15) is 0 Å². The molecular formula is C20H21NO6. The van der Waals surface area contributed by atoms with Crippen LogP contribution < -0.4 is 14.2 Å². The van der Waals surface area contributed by atoms with Crippen LogP contribution in [0.4, 0.5) is 0 Å². The lowest BCUT2D eigenvalue weighted by Gasteiger charge is -2.36. The van der Waals surface area contributed by atoms with Gasteiger partial charge in [0, 0.05) is 19.0 Å². The molecule has 2 aromatic rings. The van der Waals surface area contributed by atoms with Gasteiger partial charge < -0.3 is 29.3 Å². The molecular weight excluding hydrogens is 350 g/mol. The molecule has 0 aromatic heterocycles. The van der Waals surface area contributed by atoms with Crippen molar-refractivity contribution in [2.24, 2.45) is 0 Å². The molecule has 2 aliphatic heterocycles. The lowest BCUT2D eigenvalue weighted by molar-refractivity contribution is -0.136. The number of piperidine rings is 1. The maximum Gasteiger partial charge on any atom is 0.260 e. The Labute approximate surface area is 156 Å². The zero-order chi connectivity index (χ0) is 18.8. The molecule has 1 amide bonds. The number of carbonyl (C=O) groups is 1. The second-order valence-electron chi connectivity index (χ2n) is 6.67. The number of phenolic OH excluding ortho intramolecular Hbond substituents is 1. The van der Waals surface area contributed by atoms with E-state index in [2.05, 4.69) is 0 Å². The lowest BCUT2D eigenvalue weighted by Crippen LogP contribution is -2.47. The minimum atomic E-state index is -0.673. The highest BCUT2D eigenvalue weighted by Crippen LogP contribution is 2.37. The number of hydrogen-bond donors (Lipinski definition) is 2. The number of carbonyl (C=O) groups excluding carboxylic acids is 1. The van der Waals surface area contributed by atoms with Gasteiger partial charge >= 0.3 is 0 Å². The first-order chi connectivity index (χ1) is 13.1. The molecule has 2 heterocycles. The van der Waals surface area contributed by atoms with E-state index in [0.29, 0.717) is 24.5 Å². The Kier molecular flexibility index (Phi) is 4.77. The Bertz CT molecular complexity index is 839. The summed E-state index contributed by atoms with van der Waals surface area (Å²) in [5, 5.41) is 20.3. The second-order valence-corrected chi connectivity index (χ2v) is 6.67. The molecule has 2 aromatic carbocycles. The molecule has 7 heteroatoms. The van der Waals surface area contributed by atoms with Crippen LogP contribution in [0.5, 0.6) is 23.0 Å². The Morgan fingerprint density at radius 2 is 2.00 bits per heavy atom. The average Bonchev–Trinajstić information content (AvgIpc) is 3.15. The van der Waals surface area contributed by atoms with E-state index >= 15 is 0 Å². The standard InChI is InChI=1S/C20H21NO6/c22-15-3-1-2-4-17(15)25-11-20(24)21-8-7-14(16(23)10-21)13-5-6-18-19(9-13)27-12-26-18/h1-6,9,14,16,22-23H,7-8,10-12H2/t14-,16+/m0/s1. The number of likely N-dealkylation sites (tertiary alicyclic amines) is 1. The van der Waals surface area contributed by atoms with Crippen LogP contribution in [-0.2, 0) is 4.79 Å². The summed E-state index contributed by atoms with van der Waals surface area (Å²) in [5.74, 6) is 1.37. The fourth-order valence-electron chi connectivity index (χ4n) is 3.50. The third-order valence-corrected chi connectivity index (χ3v) is 4.98. The second kappa shape index (κ2) is 7.36. The number of ether oxygens (including phenoxy) is 3. The van der Waals surface area contributed by atoms with E-state index in [0.717, 1.165) is 5.56 Å². The third-order valence-electron chi connectivity index (χ3n) is 4.98. The van der Waals surface area contributed by atoms with E-state index in [1.54, 1.807) is 23.1 Å². The van der Waals surface area contributed by atoms with Gasteiger partial charge in [-0.25, -0.2) is 0 Å². The number of benzene rings is 2. The van der Waals surface area contributed by atoms with E-state index in [4.69, 9.17) is 14.2 Å². The number of fused-ring (bicyclic) bond motifs is 1. The quantitative estimate of drug-likeness (QED) is 0.853. The Balaban J connectivity index is 1.35. The largest absolute Gasteiger partial charge is 0.504 e. The van der Waals surface area contributed by atoms with Crippen molar-refractivity contribution in [3.05, 3.63) is 48.0 Å².